The number of nitrogens with zero attached hydrogens (tertiary/aromatic N) is 1. The zero-order valence-electron chi connectivity index (χ0n) is 17.4. The molecule has 0 aliphatic rings. The molecule has 0 unspecified atom stereocenters. The number of rotatable bonds is 8. The summed E-state index contributed by atoms with van der Waals surface area (Å²) >= 11 is 0. The Morgan fingerprint density at radius 2 is 1.77 bits per heavy atom. The van der Waals surface area contributed by atoms with Crippen LogP contribution < -0.4 is 15.4 Å². The first-order valence-electron chi connectivity index (χ1n) is 9.84. The van der Waals surface area contributed by atoms with Crippen LogP contribution >= 0.6 is 0 Å². The predicted molar refractivity (Wildman–Crippen MR) is 120 cm³/mol. The fourth-order valence-electron chi connectivity index (χ4n) is 2.89. The molecule has 2 amide bonds. The molecule has 0 aliphatic carbocycles. The standard InChI is InChI=1S/C23H25N3O4S/c1-17(2)30-21-7-3-5-18(13-21)16-31(28,29)22-10-8-20(9-11-22)26-23(27)25-15-19-6-4-12-24-14-19/h3-14,17H,15-16H2,1-2H3,(H2,25,26,27). The highest BCUT2D eigenvalue weighted by Gasteiger charge is 2.16. The van der Waals surface area contributed by atoms with Crippen molar-refractivity contribution in [1.82, 2.24) is 10.3 Å². The van der Waals surface area contributed by atoms with Crippen LogP contribution in [0.2, 0.25) is 0 Å². The minimum absolute atomic E-state index is 0.00783. The number of sulfone groups is 1. The van der Waals surface area contributed by atoms with Gasteiger partial charge in [-0.2, -0.15) is 0 Å². The van der Waals surface area contributed by atoms with E-state index in [0.717, 1.165) is 5.56 Å². The smallest absolute Gasteiger partial charge is 0.319 e. The first kappa shape index (κ1) is 22.3. The highest BCUT2D eigenvalue weighted by Crippen LogP contribution is 2.22. The number of benzene rings is 2. The molecule has 3 aromatic rings. The van der Waals surface area contributed by atoms with Gasteiger partial charge < -0.3 is 15.4 Å². The number of nitrogens with one attached hydrogen (secondary N) is 2. The predicted octanol–water partition coefficient (Wildman–Crippen LogP) is 4.16. The zero-order chi connectivity index (χ0) is 22.3. The molecule has 0 fully saturated rings. The Balaban J connectivity index is 1.60. The van der Waals surface area contributed by atoms with Gasteiger partial charge in [0.25, 0.3) is 0 Å². The molecule has 0 bridgehead atoms. The van der Waals surface area contributed by atoms with Crippen LogP contribution in [0.15, 0.2) is 78.0 Å². The van der Waals surface area contributed by atoms with Crippen molar-refractivity contribution in [3.63, 3.8) is 0 Å². The highest BCUT2D eigenvalue weighted by atomic mass is 32.2. The first-order chi connectivity index (χ1) is 14.8. The lowest BCUT2D eigenvalue weighted by molar-refractivity contribution is 0.242. The van der Waals surface area contributed by atoms with Crippen LogP contribution in [0.5, 0.6) is 5.75 Å². The second kappa shape index (κ2) is 10.1. The quantitative estimate of drug-likeness (QED) is 0.549. The summed E-state index contributed by atoms with van der Waals surface area (Å²) in [5.74, 6) is 0.500. The van der Waals surface area contributed by atoms with Crippen molar-refractivity contribution in [2.45, 2.75) is 37.1 Å². The summed E-state index contributed by atoms with van der Waals surface area (Å²) in [6, 6.07) is 16.4. The van der Waals surface area contributed by atoms with Gasteiger partial charge in [0.2, 0.25) is 0 Å². The number of pyridine rings is 1. The Morgan fingerprint density at radius 3 is 2.45 bits per heavy atom. The van der Waals surface area contributed by atoms with Crippen LogP contribution in [0.4, 0.5) is 10.5 Å². The van der Waals surface area contributed by atoms with Crippen LogP contribution in [0, 0.1) is 0 Å². The normalized spacial score (nSPS) is 11.2. The lowest BCUT2D eigenvalue weighted by Crippen LogP contribution is -2.28. The SMILES string of the molecule is CC(C)Oc1cccc(CS(=O)(=O)c2ccc(NC(=O)NCc3cccnc3)cc2)c1. The number of carbonyl (C=O) groups excluding carboxylic acids is 1. The molecule has 2 N–H and O–H groups in total. The van der Waals surface area contributed by atoms with E-state index >= 15 is 0 Å². The van der Waals surface area contributed by atoms with E-state index in [-0.39, 0.29) is 22.8 Å². The van der Waals surface area contributed by atoms with Crippen molar-refractivity contribution in [1.29, 1.82) is 0 Å². The average molecular weight is 440 g/mol. The van der Waals surface area contributed by atoms with Crippen molar-refractivity contribution >= 4 is 21.6 Å². The molecule has 1 heterocycles. The van der Waals surface area contributed by atoms with Crippen LogP contribution in [0.25, 0.3) is 0 Å². The van der Waals surface area contributed by atoms with Crippen LogP contribution in [-0.4, -0.2) is 25.5 Å². The Labute approximate surface area is 182 Å². The van der Waals surface area contributed by atoms with Crippen molar-refractivity contribution in [3.05, 3.63) is 84.2 Å². The molecule has 8 heteroatoms. The molecular formula is C23H25N3O4S. The molecule has 162 valence electrons. The third-order valence-electron chi connectivity index (χ3n) is 4.27. The van der Waals surface area contributed by atoms with Crippen LogP contribution in [0.3, 0.4) is 0 Å². The summed E-state index contributed by atoms with van der Waals surface area (Å²) in [5.41, 5.74) is 2.02. The largest absolute Gasteiger partial charge is 0.491 e. The second-order valence-corrected chi connectivity index (χ2v) is 9.26. The van der Waals surface area contributed by atoms with Gasteiger partial charge in [0.1, 0.15) is 5.75 Å². The van der Waals surface area contributed by atoms with Crippen LogP contribution in [0.1, 0.15) is 25.0 Å². The maximum atomic E-state index is 12.8. The molecule has 0 spiro atoms. The van der Waals surface area contributed by atoms with Crippen molar-refractivity contribution in [2.24, 2.45) is 0 Å². The first-order valence-corrected chi connectivity index (χ1v) is 11.5. The fraction of sp³-hybridized carbons (Fsp3) is 0.217. The summed E-state index contributed by atoms with van der Waals surface area (Å²) in [7, 11) is -3.54. The molecule has 31 heavy (non-hydrogen) atoms. The Morgan fingerprint density at radius 1 is 1.03 bits per heavy atom. The number of carbonyl (C=O) groups is 1. The van der Waals surface area contributed by atoms with Crippen molar-refractivity contribution in [3.8, 4) is 5.75 Å². The number of amides is 2. The van der Waals surface area contributed by atoms with E-state index in [2.05, 4.69) is 15.6 Å². The van der Waals surface area contributed by atoms with Gasteiger partial charge in [-0.05, 0) is 67.4 Å². The minimum Gasteiger partial charge on any atom is -0.491 e. The summed E-state index contributed by atoms with van der Waals surface area (Å²) in [5, 5.41) is 5.41. The molecule has 0 saturated heterocycles. The molecule has 3 rings (SSSR count). The lowest BCUT2D eigenvalue weighted by Gasteiger charge is -2.11. The summed E-state index contributed by atoms with van der Waals surface area (Å²) < 4.78 is 31.2. The minimum atomic E-state index is -3.54. The average Bonchev–Trinajstić information content (AvgIpc) is 2.73. The molecule has 0 saturated carbocycles. The zero-order valence-corrected chi connectivity index (χ0v) is 18.2. The van der Waals surface area contributed by atoms with E-state index < -0.39 is 9.84 Å². The van der Waals surface area contributed by atoms with Crippen LogP contribution in [-0.2, 0) is 22.1 Å². The number of ether oxygens (including phenoxy) is 1. The maximum absolute atomic E-state index is 12.8. The van der Waals surface area contributed by atoms with E-state index in [9.17, 15) is 13.2 Å². The van der Waals surface area contributed by atoms with Gasteiger partial charge in [-0.3, -0.25) is 4.98 Å². The number of anilines is 1. The topological polar surface area (TPSA) is 97.4 Å². The number of urea groups is 1. The lowest BCUT2D eigenvalue weighted by atomic mass is 10.2. The molecule has 0 aliphatic heterocycles. The van der Waals surface area contributed by atoms with Gasteiger partial charge >= 0.3 is 6.03 Å². The molecule has 0 atom stereocenters. The van der Waals surface area contributed by atoms with E-state index in [1.807, 2.05) is 19.9 Å². The Kier molecular flexibility index (Phi) is 7.25. The second-order valence-electron chi connectivity index (χ2n) is 7.27. The number of hydrogen-bond acceptors (Lipinski definition) is 5. The fourth-order valence-corrected chi connectivity index (χ4v) is 4.23. The van der Waals surface area contributed by atoms with Gasteiger partial charge in [-0.15, -0.1) is 0 Å². The molecule has 2 aromatic carbocycles. The van der Waals surface area contributed by atoms with Gasteiger partial charge in [-0.1, -0.05) is 18.2 Å². The molecule has 1 aromatic heterocycles. The van der Waals surface area contributed by atoms with Crippen molar-refractivity contribution in [2.75, 3.05) is 5.32 Å². The van der Waals surface area contributed by atoms with E-state index in [1.54, 1.807) is 54.9 Å². The monoisotopic (exact) mass is 439 g/mol. The van der Waals surface area contributed by atoms with E-state index in [1.165, 1.54) is 12.1 Å². The molecule has 0 radical (unpaired) electrons. The number of hydrogen-bond donors (Lipinski definition) is 2. The van der Waals surface area contributed by atoms with Gasteiger partial charge in [-0.25, -0.2) is 13.2 Å². The molecule has 7 nitrogen and oxygen atoms in total. The molecular weight excluding hydrogens is 414 g/mol. The van der Waals surface area contributed by atoms with E-state index in [0.29, 0.717) is 23.5 Å². The Hall–Kier alpha value is -3.39. The Bertz CT molecular complexity index is 1120. The third kappa shape index (κ3) is 6.82. The summed E-state index contributed by atoms with van der Waals surface area (Å²) in [4.78, 5) is 16.2. The summed E-state index contributed by atoms with van der Waals surface area (Å²) in [6.07, 6.45) is 3.34. The highest BCUT2D eigenvalue weighted by molar-refractivity contribution is 7.90. The van der Waals surface area contributed by atoms with E-state index in [4.69, 9.17) is 4.74 Å². The summed E-state index contributed by atoms with van der Waals surface area (Å²) in [6.45, 7) is 4.17. The maximum Gasteiger partial charge on any atom is 0.319 e. The van der Waals surface area contributed by atoms with Crippen molar-refractivity contribution < 1.29 is 17.9 Å². The third-order valence-corrected chi connectivity index (χ3v) is 5.98. The van der Waals surface area contributed by atoms with Gasteiger partial charge in [0, 0.05) is 24.6 Å². The van der Waals surface area contributed by atoms with Gasteiger partial charge in [0.15, 0.2) is 9.84 Å². The van der Waals surface area contributed by atoms with Gasteiger partial charge in [0.05, 0.1) is 16.8 Å². The number of aromatic nitrogens is 1.